The highest BCUT2D eigenvalue weighted by molar-refractivity contribution is 5.65. The molecule has 0 radical (unpaired) electrons. The van der Waals surface area contributed by atoms with Gasteiger partial charge in [-0.2, -0.15) is 5.26 Å². The first-order chi connectivity index (χ1) is 8.75. The molecule has 1 aliphatic heterocycles. The average Bonchev–Trinajstić information content (AvgIpc) is 2.27. The van der Waals surface area contributed by atoms with Crippen molar-refractivity contribution in [3.8, 4) is 6.07 Å². The van der Waals surface area contributed by atoms with E-state index in [0.29, 0.717) is 25.8 Å². The molecule has 3 unspecified atom stereocenters. The van der Waals surface area contributed by atoms with E-state index in [9.17, 15) is 9.90 Å². The largest absolute Gasteiger partial charge is 0.465 e. The fourth-order valence-electron chi connectivity index (χ4n) is 2.61. The van der Waals surface area contributed by atoms with Gasteiger partial charge in [-0.25, -0.2) is 4.79 Å². The van der Waals surface area contributed by atoms with Crippen molar-refractivity contribution in [1.82, 2.24) is 4.90 Å². The number of ether oxygens (including phenoxy) is 1. The maximum absolute atomic E-state index is 11.3. The van der Waals surface area contributed by atoms with E-state index < -0.39 is 6.09 Å². The summed E-state index contributed by atoms with van der Waals surface area (Å²) in [5, 5.41) is 17.9. The quantitative estimate of drug-likeness (QED) is 0.854. The SMILES string of the molecule is CC(CC#N)OC1CCN(C(=O)O)C(C(C)(C)C)C1. The van der Waals surface area contributed by atoms with Gasteiger partial charge in [-0.3, -0.25) is 0 Å². The summed E-state index contributed by atoms with van der Waals surface area (Å²) < 4.78 is 5.84. The van der Waals surface area contributed by atoms with E-state index in [2.05, 4.69) is 26.8 Å². The molecule has 0 aromatic carbocycles. The lowest BCUT2D eigenvalue weighted by molar-refractivity contribution is -0.0613. The number of nitriles is 1. The molecule has 1 fully saturated rings. The number of carbonyl (C=O) groups is 1. The van der Waals surface area contributed by atoms with Crippen LogP contribution < -0.4 is 0 Å². The summed E-state index contributed by atoms with van der Waals surface area (Å²) in [4.78, 5) is 12.8. The maximum atomic E-state index is 11.3. The Morgan fingerprint density at radius 3 is 2.68 bits per heavy atom. The number of piperidine rings is 1. The van der Waals surface area contributed by atoms with Crippen molar-refractivity contribution in [1.29, 1.82) is 5.26 Å². The molecule has 1 aliphatic rings. The Balaban J connectivity index is 2.69. The monoisotopic (exact) mass is 268 g/mol. The number of rotatable bonds is 3. The third-order valence-electron chi connectivity index (χ3n) is 3.60. The van der Waals surface area contributed by atoms with Gasteiger partial charge in [-0.15, -0.1) is 0 Å². The number of hydrogen-bond acceptors (Lipinski definition) is 3. The zero-order valence-corrected chi connectivity index (χ0v) is 12.2. The van der Waals surface area contributed by atoms with Crippen LogP contribution in [0.2, 0.25) is 0 Å². The van der Waals surface area contributed by atoms with Crippen LogP contribution in [0.25, 0.3) is 0 Å². The molecule has 0 aliphatic carbocycles. The standard InChI is InChI=1S/C14H24N2O3/c1-10(5-7-15)19-11-6-8-16(13(17)18)12(9-11)14(2,3)4/h10-12H,5-6,8-9H2,1-4H3,(H,17,18). The van der Waals surface area contributed by atoms with Crippen LogP contribution in [0.4, 0.5) is 4.79 Å². The van der Waals surface area contributed by atoms with Crippen LogP contribution in [-0.2, 0) is 4.74 Å². The molecule has 1 N–H and O–H groups in total. The van der Waals surface area contributed by atoms with Gasteiger partial charge >= 0.3 is 6.09 Å². The van der Waals surface area contributed by atoms with Crippen LogP contribution in [0.5, 0.6) is 0 Å². The molecule has 5 nitrogen and oxygen atoms in total. The highest BCUT2D eigenvalue weighted by Gasteiger charge is 2.39. The Morgan fingerprint density at radius 1 is 1.58 bits per heavy atom. The van der Waals surface area contributed by atoms with Crippen LogP contribution in [0.15, 0.2) is 0 Å². The van der Waals surface area contributed by atoms with E-state index in [1.54, 1.807) is 0 Å². The summed E-state index contributed by atoms with van der Waals surface area (Å²) in [5.41, 5.74) is -0.112. The van der Waals surface area contributed by atoms with E-state index in [1.165, 1.54) is 4.90 Å². The van der Waals surface area contributed by atoms with Gasteiger partial charge in [-0.1, -0.05) is 20.8 Å². The predicted octanol–water partition coefficient (Wildman–Crippen LogP) is 2.86. The van der Waals surface area contributed by atoms with Gasteiger partial charge < -0.3 is 14.7 Å². The number of likely N-dealkylation sites (tertiary alicyclic amines) is 1. The van der Waals surface area contributed by atoms with Crippen LogP contribution in [0, 0.1) is 16.7 Å². The highest BCUT2D eigenvalue weighted by atomic mass is 16.5. The summed E-state index contributed by atoms with van der Waals surface area (Å²) in [6.07, 6.45) is 0.873. The zero-order valence-electron chi connectivity index (χ0n) is 12.2. The first-order valence-corrected chi connectivity index (χ1v) is 6.77. The Labute approximate surface area is 115 Å². The molecule has 1 saturated heterocycles. The third kappa shape index (κ3) is 4.39. The van der Waals surface area contributed by atoms with Gasteiger partial charge in [0.2, 0.25) is 0 Å². The fraction of sp³-hybridized carbons (Fsp3) is 0.857. The van der Waals surface area contributed by atoms with Crippen LogP contribution in [0.3, 0.4) is 0 Å². The third-order valence-corrected chi connectivity index (χ3v) is 3.60. The first kappa shape index (κ1) is 15.8. The Bertz CT molecular complexity index is 357. The average molecular weight is 268 g/mol. The van der Waals surface area contributed by atoms with Gasteiger partial charge in [0.1, 0.15) is 0 Å². The zero-order chi connectivity index (χ0) is 14.6. The van der Waals surface area contributed by atoms with Gasteiger partial charge in [0.25, 0.3) is 0 Å². The molecule has 5 heteroatoms. The van der Waals surface area contributed by atoms with Gasteiger partial charge in [0.05, 0.1) is 24.7 Å². The summed E-state index contributed by atoms with van der Waals surface area (Å²) in [5.74, 6) is 0. The number of carboxylic acid groups (broad SMARTS) is 1. The molecule has 0 aromatic heterocycles. The molecule has 19 heavy (non-hydrogen) atoms. The minimum Gasteiger partial charge on any atom is -0.465 e. The Hall–Kier alpha value is -1.28. The minimum atomic E-state index is -0.858. The predicted molar refractivity (Wildman–Crippen MR) is 71.8 cm³/mol. The van der Waals surface area contributed by atoms with Gasteiger partial charge in [0.15, 0.2) is 0 Å². The van der Waals surface area contributed by atoms with E-state index in [-0.39, 0.29) is 23.7 Å². The number of amides is 1. The van der Waals surface area contributed by atoms with Crippen molar-refractivity contribution >= 4 is 6.09 Å². The van der Waals surface area contributed by atoms with Crippen molar-refractivity contribution in [2.24, 2.45) is 5.41 Å². The smallest absolute Gasteiger partial charge is 0.407 e. The molecule has 0 aromatic rings. The molecule has 1 heterocycles. The normalized spacial score (nSPS) is 25.7. The van der Waals surface area contributed by atoms with Crippen molar-refractivity contribution in [2.75, 3.05) is 6.54 Å². The molecule has 108 valence electrons. The second kappa shape index (κ2) is 6.25. The van der Waals surface area contributed by atoms with Crippen molar-refractivity contribution in [3.05, 3.63) is 0 Å². The first-order valence-electron chi connectivity index (χ1n) is 6.77. The van der Waals surface area contributed by atoms with E-state index >= 15 is 0 Å². The van der Waals surface area contributed by atoms with Crippen LogP contribution in [0.1, 0.15) is 47.0 Å². The molecule has 0 spiro atoms. The Morgan fingerprint density at radius 2 is 2.21 bits per heavy atom. The molecule has 1 amide bonds. The molecular weight excluding hydrogens is 244 g/mol. The van der Waals surface area contributed by atoms with Crippen molar-refractivity contribution in [2.45, 2.75) is 65.2 Å². The van der Waals surface area contributed by atoms with E-state index in [0.717, 1.165) is 0 Å². The Kier molecular flexibility index (Phi) is 5.19. The number of hydrogen-bond donors (Lipinski definition) is 1. The topological polar surface area (TPSA) is 73.6 Å². The van der Waals surface area contributed by atoms with Crippen LogP contribution >= 0.6 is 0 Å². The summed E-state index contributed by atoms with van der Waals surface area (Å²) >= 11 is 0. The lowest BCUT2D eigenvalue weighted by atomic mass is 9.80. The van der Waals surface area contributed by atoms with Gasteiger partial charge in [0, 0.05) is 12.6 Å². The number of nitrogens with zero attached hydrogens (tertiary/aromatic N) is 2. The highest BCUT2D eigenvalue weighted by Crippen LogP contribution is 2.33. The summed E-state index contributed by atoms with van der Waals surface area (Å²) in [7, 11) is 0. The van der Waals surface area contributed by atoms with Crippen LogP contribution in [-0.4, -0.2) is 40.9 Å². The lowest BCUT2D eigenvalue weighted by Gasteiger charge is -2.44. The van der Waals surface area contributed by atoms with E-state index in [4.69, 9.17) is 10.00 Å². The van der Waals surface area contributed by atoms with E-state index in [1.807, 2.05) is 6.92 Å². The fourth-order valence-corrected chi connectivity index (χ4v) is 2.61. The molecule has 0 saturated carbocycles. The second-order valence-electron chi connectivity index (χ2n) is 6.31. The molecular formula is C14H24N2O3. The molecule has 1 rings (SSSR count). The lowest BCUT2D eigenvalue weighted by Crippen LogP contribution is -2.53. The molecule has 3 atom stereocenters. The van der Waals surface area contributed by atoms with Crippen molar-refractivity contribution < 1.29 is 14.6 Å². The van der Waals surface area contributed by atoms with Crippen molar-refractivity contribution in [3.63, 3.8) is 0 Å². The second-order valence-corrected chi connectivity index (χ2v) is 6.31. The summed E-state index contributed by atoms with van der Waals surface area (Å²) in [6.45, 7) is 8.54. The minimum absolute atomic E-state index is 0.0435. The maximum Gasteiger partial charge on any atom is 0.407 e. The summed E-state index contributed by atoms with van der Waals surface area (Å²) in [6, 6.07) is 2.05. The molecule has 0 bridgehead atoms. The van der Waals surface area contributed by atoms with Gasteiger partial charge in [-0.05, 0) is 25.2 Å².